The van der Waals surface area contributed by atoms with E-state index in [1.165, 1.54) is 49.7 Å². The van der Waals surface area contributed by atoms with Gasteiger partial charge in [0.1, 0.15) is 0 Å². The highest BCUT2D eigenvalue weighted by molar-refractivity contribution is 5.27. The van der Waals surface area contributed by atoms with Gasteiger partial charge in [-0.3, -0.25) is 0 Å². The van der Waals surface area contributed by atoms with Gasteiger partial charge in [0.05, 0.1) is 18.8 Å². The van der Waals surface area contributed by atoms with Crippen LogP contribution in [-0.4, -0.2) is 29.0 Å². The van der Waals surface area contributed by atoms with Crippen LogP contribution in [0.25, 0.3) is 0 Å². The molecule has 3 nitrogen and oxygen atoms in total. The van der Waals surface area contributed by atoms with Gasteiger partial charge in [0, 0.05) is 0 Å². The second kappa shape index (κ2) is 10.8. The topological polar surface area (TPSA) is 66.5 Å². The standard InChI is InChI=1S/C19H33NO2/c1-2-3-4-5-6-7-10-17-11-8-9-12-18(17)13-14-19(20,15-21)16-22/h8-9,11-12,21-22H,2-7,10,13-16,20H2,1H3. The zero-order chi connectivity index (χ0) is 16.3. The van der Waals surface area contributed by atoms with E-state index >= 15 is 0 Å². The first-order valence-corrected chi connectivity index (χ1v) is 8.72. The van der Waals surface area contributed by atoms with Gasteiger partial charge >= 0.3 is 0 Å². The molecule has 4 N–H and O–H groups in total. The van der Waals surface area contributed by atoms with Crippen molar-refractivity contribution in [1.82, 2.24) is 0 Å². The quantitative estimate of drug-likeness (QED) is 0.519. The van der Waals surface area contributed by atoms with Crippen LogP contribution in [0, 0.1) is 0 Å². The zero-order valence-corrected chi connectivity index (χ0v) is 14.1. The molecule has 0 aliphatic rings. The van der Waals surface area contributed by atoms with Crippen molar-refractivity contribution >= 4 is 0 Å². The van der Waals surface area contributed by atoms with Gasteiger partial charge in [-0.2, -0.15) is 0 Å². The van der Waals surface area contributed by atoms with E-state index in [1.807, 2.05) is 0 Å². The Bertz CT molecular complexity index is 402. The van der Waals surface area contributed by atoms with E-state index in [2.05, 4.69) is 31.2 Å². The minimum absolute atomic E-state index is 0.177. The fraction of sp³-hybridized carbons (Fsp3) is 0.684. The molecule has 0 atom stereocenters. The van der Waals surface area contributed by atoms with Crippen LogP contribution in [0.15, 0.2) is 24.3 Å². The van der Waals surface area contributed by atoms with Crippen LogP contribution in [0.1, 0.15) is 63.0 Å². The van der Waals surface area contributed by atoms with Gasteiger partial charge in [-0.05, 0) is 36.8 Å². The SMILES string of the molecule is CCCCCCCCc1ccccc1CCC(N)(CO)CO. The summed E-state index contributed by atoms with van der Waals surface area (Å²) >= 11 is 0. The molecule has 0 aromatic heterocycles. The maximum Gasteiger partial charge on any atom is 0.0633 e. The molecule has 0 saturated carbocycles. The number of aryl methyl sites for hydroxylation is 2. The summed E-state index contributed by atoms with van der Waals surface area (Å²) in [6.07, 6.45) is 10.4. The molecule has 0 bridgehead atoms. The van der Waals surface area contributed by atoms with Gasteiger partial charge < -0.3 is 15.9 Å². The fourth-order valence-corrected chi connectivity index (χ4v) is 2.73. The molecule has 0 spiro atoms. The van der Waals surface area contributed by atoms with Gasteiger partial charge in [-0.1, -0.05) is 63.3 Å². The molecule has 0 aliphatic carbocycles. The Kier molecular flexibility index (Phi) is 9.37. The first kappa shape index (κ1) is 19.1. The lowest BCUT2D eigenvalue weighted by Crippen LogP contribution is -2.47. The largest absolute Gasteiger partial charge is 0.394 e. The Morgan fingerprint density at radius 1 is 0.864 bits per heavy atom. The summed E-state index contributed by atoms with van der Waals surface area (Å²) in [7, 11) is 0. The first-order valence-electron chi connectivity index (χ1n) is 8.72. The van der Waals surface area contributed by atoms with Gasteiger partial charge in [0.15, 0.2) is 0 Å². The molecular weight excluding hydrogens is 274 g/mol. The molecule has 0 amide bonds. The molecule has 0 saturated heterocycles. The second-order valence-electron chi connectivity index (χ2n) is 6.47. The Morgan fingerprint density at radius 3 is 2.00 bits per heavy atom. The van der Waals surface area contributed by atoms with E-state index in [0.29, 0.717) is 6.42 Å². The molecule has 1 aromatic rings. The predicted molar refractivity (Wildman–Crippen MR) is 92.9 cm³/mol. The van der Waals surface area contributed by atoms with Crippen molar-refractivity contribution in [3.05, 3.63) is 35.4 Å². The third-order valence-corrected chi connectivity index (χ3v) is 4.44. The molecule has 1 aromatic carbocycles. The van der Waals surface area contributed by atoms with E-state index in [4.69, 9.17) is 5.73 Å². The Balaban J connectivity index is 2.44. The average Bonchev–Trinajstić information content (AvgIpc) is 2.56. The maximum atomic E-state index is 9.29. The van der Waals surface area contributed by atoms with Crippen molar-refractivity contribution in [2.45, 2.75) is 70.3 Å². The molecule has 1 rings (SSSR count). The number of aliphatic hydroxyl groups excluding tert-OH is 2. The van der Waals surface area contributed by atoms with E-state index in [0.717, 1.165) is 12.8 Å². The number of aliphatic hydroxyl groups is 2. The van der Waals surface area contributed by atoms with Crippen molar-refractivity contribution in [1.29, 1.82) is 0 Å². The summed E-state index contributed by atoms with van der Waals surface area (Å²) in [6.45, 7) is 1.89. The summed E-state index contributed by atoms with van der Waals surface area (Å²) in [5.41, 5.74) is 7.78. The molecule has 22 heavy (non-hydrogen) atoms. The minimum Gasteiger partial charge on any atom is -0.394 e. The average molecular weight is 307 g/mol. The van der Waals surface area contributed by atoms with Gasteiger partial charge in [-0.15, -0.1) is 0 Å². The fourth-order valence-electron chi connectivity index (χ4n) is 2.73. The molecule has 0 aliphatic heterocycles. The molecule has 0 unspecified atom stereocenters. The van der Waals surface area contributed by atoms with Gasteiger partial charge in [-0.25, -0.2) is 0 Å². The lowest BCUT2D eigenvalue weighted by Gasteiger charge is -2.25. The molecule has 0 fully saturated rings. The number of rotatable bonds is 12. The van der Waals surface area contributed by atoms with Crippen LogP contribution in [0.3, 0.4) is 0 Å². The van der Waals surface area contributed by atoms with Crippen LogP contribution in [0.2, 0.25) is 0 Å². The van der Waals surface area contributed by atoms with E-state index < -0.39 is 5.54 Å². The second-order valence-corrected chi connectivity index (χ2v) is 6.47. The lowest BCUT2D eigenvalue weighted by molar-refractivity contribution is 0.115. The Labute approximate surface area is 135 Å². The lowest BCUT2D eigenvalue weighted by atomic mass is 9.91. The number of hydrogen-bond acceptors (Lipinski definition) is 3. The third kappa shape index (κ3) is 6.91. The minimum atomic E-state index is -0.868. The zero-order valence-electron chi connectivity index (χ0n) is 14.1. The van der Waals surface area contributed by atoms with E-state index in [1.54, 1.807) is 0 Å². The third-order valence-electron chi connectivity index (χ3n) is 4.44. The highest BCUT2D eigenvalue weighted by Gasteiger charge is 2.22. The van der Waals surface area contributed by atoms with Crippen molar-refractivity contribution in [2.24, 2.45) is 5.73 Å². The number of unbranched alkanes of at least 4 members (excludes halogenated alkanes) is 5. The molecule has 3 heteroatoms. The smallest absolute Gasteiger partial charge is 0.0633 e. The van der Waals surface area contributed by atoms with Crippen molar-refractivity contribution in [3.8, 4) is 0 Å². The van der Waals surface area contributed by atoms with Crippen molar-refractivity contribution < 1.29 is 10.2 Å². The summed E-state index contributed by atoms with van der Waals surface area (Å²) in [4.78, 5) is 0. The maximum absolute atomic E-state index is 9.29. The monoisotopic (exact) mass is 307 g/mol. The molecule has 0 heterocycles. The highest BCUT2D eigenvalue weighted by Crippen LogP contribution is 2.18. The van der Waals surface area contributed by atoms with E-state index in [9.17, 15) is 10.2 Å². The number of nitrogens with two attached hydrogens (primary N) is 1. The van der Waals surface area contributed by atoms with Crippen LogP contribution in [-0.2, 0) is 12.8 Å². The number of benzene rings is 1. The van der Waals surface area contributed by atoms with Crippen molar-refractivity contribution in [3.63, 3.8) is 0 Å². The normalized spacial score (nSPS) is 11.8. The van der Waals surface area contributed by atoms with Crippen LogP contribution in [0.4, 0.5) is 0 Å². The van der Waals surface area contributed by atoms with Crippen molar-refractivity contribution in [2.75, 3.05) is 13.2 Å². The van der Waals surface area contributed by atoms with Gasteiger partial charge in [0.25, 0.3) is 0 Å². The van der Waals surface area contributed by atoms with Crippen LogP contribution < -0.4 is 5.73 Å². The highest BCUT2D eigenvalue weighted by atomic mass is 16.3. The van der Waals surface area contributed by atoms with Crippen LogP contribution >= 0.6 is 0 Å². The summed E-state index contributed by atoms with van der Waals surface area (Å²) in [6, 6.07) is 8.47. The first-order chi connectivity index (χ1) is 10.6. The summed E-state index contributed by atoms with van der Waals surface area (Å²) < 4.78 is 0. The Hall–Kier alpha value is -0.900. The predicted octanol–water partition coefficient (Wildman–Crippen LogP) is 3.20. The summed E-state index contributed by atoms with van der Waals surface area (Å²) in [5, 5.41) is 18.6. The Morgan fingerprint density at radius 2 is 1.41 bits per heavy atom. The molecule has 126 valence electrons. The molecule has 0 radical (unpaired) electrons. The number of hydrogen-bond donors (Lipinski definition) is 3. The van der Waals surface area contributed by atoms with Gasteiger partial charge in [0.2, 0.25) is 0 Å². The molecular formula is C19H33NO2. The van der Waals surface area contributed by atoms with Crippen LogP contribution in [0.5, 0.6) is 0 Å². The van der Waals surface area contributed by atoms with E-state index in [-0.39, 0.29) is 13.2 Å². The summed E-state index contributed by atoms with van der Waals surface area (Å²) in [5.74, 6) is 0.